The lowest BCUT2D eigenvalue weighted by Crippen LogP contribution is -2.42. The fourth-order valence-electron chi connectivity index (χ4n) is 3.69. The first-order valence-corrected chi connectivity index (χ1v) is 7.02. The Morgan fingerprint density at radius 1 is 1.50 bits per heavy atom. The average molecular weight is 305 g/mol. The molecule has 0 aromatic rings. The summed E-state index contributed by atoms with van der Waals surface area (Å²) < 4.78 is 15.3. The molecule has 5 unspecified atom stereocenters. The van der Waals surface area contributed by atoms with E-state index in [-0.39, 0.29) is 23.4 Å². The van der Waals surface area contributed by atoms with Gasteiger partial charge in [-0.25, -0.2) is 9.59 Å². The van der Waals surface area contributed by atoms with Gasteiger partial charge in [-0.05, 0) is 19.8 Å². The summed E-state index contributed by atoms with van der Waals surface area (Å²) in [6.07, 6.45) is -0.505. The van der Waals surface area contributed by atoms with Gasteiger partial charge < -0.3 is 14.2 Å². The summed E-state index contributed by atoms with van der Waals surface area (Å²) in [7, 11) is 0. The maximum absolute atomic E-state index is 11.8. The molecule has 1 heterocycles. The molecular weight excluding hydrogens is 290 g/mol. The third-order valence-electron chi connectivity index (χ3n) is 4.67. The van der Waals surface area contributed by atoms with Crippen molar-refractivity contribution in [1.29, 1.82) is 5.26 Å². The molecule has 0 radical (unpaired) electrons. The lowest BCUT2D eigenvalue weighted by molar-refractivity contribution is -0.170. The third-order valence-corrected chi connectivity index (χ3v) is 4.67. The predicted octanol–water partition coefficient (Wildman–Crippen LogP) is 0.493. The zero-order valence-electron chi connectivity index (χ0n) is 12.0. The molecule has 7 heteroatoms. The van der Waals surface area contributed by atoms with Gasteiger partial charge in [-0.15, -0.1) is 0 Å². The van der Waals surface area contributed by atoms with Crippen LogP contribution >= 0.6 is 0 Å². The zero-order chi connectivity index (χ0) is 16.1. The van der Waals surface area contributed by atoms with Crippen molar-refractivity contribution in [2.45, 2.75) is 32.0 Å². The lowest BCUT2D eigenvalue weighted by atomic mass is 9.79. The molecule has 3 fully saturated rings. The zero-order valence-corrected chi connectivity index (χ0v) is 12.0. The van der Waals surface area contributed by atoms with Crippen molar-refractivity contribution >= 4 is 17.9 Å². The molecule has 5 atom stereocenters. The maximum atomic E-state index is 11.8. The number of rotatable bonds is 4. The van der Waals surface area contributed by atoms with E-state index < -0.39 is 36.2 Å². The highest BCUT2D eigenvalue weighted by Gasteiger charge is 2.71. The van der Waals surface area contributed by atoms with E-state index in [2.05, 4.69) is 12.6 Å². The monoisotopic (exact) mass is 305 g/mol. The molecule has 0 amide bonds. The highest BCUT2D eigenvalue weighted by Crippen LogP contribution is 2.62. The second kappa shape index (κ2) is 4.83. The molecule has 1 aliphatic heterocycles. The number of hydrogen-bond acceptors (Lipinski definition) is 7. The van der Waals surface area contributed by atoms with Crippen LogP contribution in [0.3, 0.4) is 0 Å². The SMILES string of the molecule is C=C(C)C(=O)OCC(=O)OC1C2OC(=O)C3CC1(C#N)CC32. The second-order valence-corrected chi connectivity index (χ2v) is 6.11. The van der Waals surface area contributed by atoms with Crippen LogP contribution in [0.5, 0.6) is 0 Å². The molecule has 2 bridgehead atoms. The predicted molar refractivity (Wildman–Crippen MR) is 69.8 cm³/mol. The first kappa shape index (κ1) is 14.6. The Morgan fingerprint density at radius 3 is 2.86 bits per heavy atom. The highest BCUT2D eigenvalue weighted by molar-refractivity contribution is 5.88. The average Bonchev–Trinajstić information content (AvgIpc) is 3.06. The quantitative estimate of drug-likeness (QED) is 0.423. The smallest absolute Gasteiger partial charge is 0.344 e. The van der Waals surface area contributed by atoms with Gasteiger partial charge in [0.05, 0.1) is 17.4 Å². The van der Waals surface area contributed by atoms with E-state index >= 15 is 0 Å². The Bertz CT molecular complexity index is 620. The molecule has 2 saturated carbocycles. The molecule has 0 N–H and O–H groups in total. The van der Waals surface area contributed by atoms with E-state index in [4.69, 9.17) is 14.2 Å². The molecule has 0 spiro atoms. The molecular formula is C15H15NO6. The van der Waals surface area contributed by atoms with Crippen molar-refractivity contribution in [3.05, 3.63) is 12.2 Å². The van der Waals surface area contributed by atoms with Crippen LogP contribution in [-0.4, -0.2) is 36.7 Å². The number of hydrogen-bond donors (Lipinski definition) is 0. The minimum Gasteiger partial charge on any atom is -0.458 e. The third kappa shape index (κ3) is 1.98. The van der Waals surface area contributed by atoms with E-state index in [0.717, 1.165) is 0 Å². The number of nitriles is 1. The molecule has 1 saturated heterocycles. The van der Waals surface area contributed by atoms with Crippen LogP contribution < -0.4 is 0 Å². The van der Waals surface area contributed by atoms with Gasteiger partial charge in [0.2, 0.25) is 0 Å². The summed E-state index contributed by atoms with van der Waals surface area (Å²) in [6, 6.07) is 2.20. The Morgan fingerprint density at radius 2 is 2.23 bits per heavy atom. The van der Waals surface area contributed by atoms with Crippen LogP contribution in [0.1, 0.15) is 19.8 Å². The van der Waals surface area contributed by atoms with Crippen LogP contribution in [0.25, 0.3) is 0 Å². The Hall–Kier alpha value is -2.36. The minimum atomic E-state index is -0.875. The van der Waals surface area contributed by atoms with E-state index in [1.54, 1.807) is 0 Å². The summed E-state index contributed by atoms with van der Waals surface area (Å²) >= 11 is 0. The number of esters is 3. The first-order valence-electron chi connectivity index (χ1n) is 7.02. The second-order valence-electron chi connectivity index (χ2n) is 6.11. The maximum Gasteiger partial charge on any atom is 0.344 e. The summed E-state index contributed by atoms with van der Waals surface area (Å²) in [5.74, 6) is -2.10. The van der Waals surface area contributed by atoms with E-state index in [1.807, 2.05) is 0 Å². The Labute approximate surface area is 126 Å². The standard InChI is InChI=1S/C15H15NO6/c1-7(2)13(18)20-5-10(17)21-12-11-8-3-15(12,6-16)4-9(8)14(19)22-11/h8-9,11-12H,1,3-5H2,2H3. The Kier molecular flexibility index (Phi) is 3.20. The summed E-state index contributed by atoms with van der Waals surface area (Å²) in [5.41, 5.74) is -0.700. The van der Waals surface area contributed by atoms with Crippen molar-refractivity contribution in [1.82, 2.24) is 0 Å². The minimum absolute atomic E-state index is 0.0667. The van der Waals surface area contributed by atoms with Gasteiger partial charge in [-0.3, -0.25) is 4.79 Å². The fraction of sp³-hybridized carbons (Fsp3) is 0.600. The van der Waals surface area contributed by atoms with Crippen molar-refractivity contribution in [2.75, 3.05) is 6.61 Å². The largest absolute Gasteiger partial charge is 0.458 e. The number of ether oxygens (including phenoxy) is 3. The Balaban J connectivity index is 1.67. The van der Waals surface area contributed by atoms with Crippen LogP contribution in [-0.2, 0) is 28.6 Å². The molecule has 22 heavy (non-hydrogen) atoms. The summed E-state index contributed by atoms with van der Waals surface area (Å²) in [5, 5.41) is 9.46. The van der Waals surface area contributed by atoms with Crippen LogP contribution in [0, 0.1) is 28.6 Å². The number of carbonyl (C=O) groups is 3. The molecule has 3 rings (SSSR count). The number of fused-ring (bicyclic) bond motifs is 1. The van der Waals surface area contributed by atoms with Gasteiger partial charge in [0.15, 0.2) is 12.7 Å². The number of carbonyl (C=O) groups excluding carboxylic acids is 3. The van der Waals surface area contributed by atoms with Crippen molar-refractivity contribution in [3.63, 3.8) is 0 Å². The first-order chi connectivity index (χ1) is 10.4. The van der Waals surface area contributed by atoms with Gasteiger partial charge in [0.1, 0.15) is 6.10 Å². The van der Waals surface area contributed by atoms with Crippen molar-refractivity contribution in [2.24, 2.45) is 17.3 Å². The molecule has 2 aliphatic carbocycles. The summed E-state index contributed by atoms with van der Waals surface area (Å²) in [6.45, 7) is 4.31. The molecule has 7 nitrogen and oxygen atoms in total. The molecule has 0 aromatic carbocycles. The van der Waals surface area contributed by atoms with E-state index in [9.17, 15) is 19.6 Å². The van der Waals surface area contributed by atoms with Gasteiger partial charge >= 0.3 is 17.9 Å². The van der Waals surface area contributed by atoms with Crippen molar-refractivity contribution < 1.29 is 28.6 Å². The van der Waals surface area contributed by atoms with Gasteiger partial charge in [0.25, 0.3) is 0 Å². The number of nitrogens with zero attached hydrogens (tertiary/aromatic N) is 1. The topological polar surface area (TPSA) is 103 Å². The van der Waals surface area contributed by atoms with Crippen LogP contribution in [0.2, 0.25) is 0 Å². The highest BCUT2D eigenvalue weighted by atomic mass is 16.6. The molecule has 116 valence electrons. The molecule has 3 aliphatic rings. The lowest BCUT2D eigenvalue weighted by Gasteiger charge is -2.30. The van der Waals surface area contributed by atoms with E-state index in [1.165, 1.54) is 6.92 Å². The normalized spacial score (nSPS) is 37.4. The van der Waals surface area contributed by atoms with Crippen LogP contribution in [0.4, 0.5) is 0 Å². The van der Waals surface area contributed by atoms with Gasteiger partial charge in [-0.2, -0.15) is 5.26 Å². The van der Waals surface area contributed by atoms with Crippen LogP contribution in [0.15, 0.2) is 12.2 Å². The van der Waals surface area contributed by atoms with Crippen molar-refractivity contribution in [3.8, 4) is 6.07 Å². The van der Waals surface area contributed by atoms with Gasteiger partial charge in [-0.1, -0.05) is 6.58 Å². The molecule has 0 aromatic heterocycles. The van der Waals surface area contributed by atoms with E-state index in [0.29, 0.717) is 12.8 Å². The summed E-state index contributed by atoms with van der Waals surface area (Å²) in [4.78, 5) is 34.8. The fourth-order valence-corrected chi connectivity index (χ4v) is 3.69. The van der Waals surface area contributed by atoms with Gasteiger partial charge in [0, 0.05) is 11.5 Å².